The van der Waals surface area contributed by atoms with Gasteiger partial charge in [-0.3, -0.25) is 14.0 Å². The van der Waals surface area contributed by atoms with Crippen molar-refractivity contribution in [1.29, 1.82) is 0 Å². The van der Waals surface area contributed by atoms with Crippen LogP contribution >= 0.6 is 22.7 Å². The summed E-state index contributed by atoms with van der Waals surface area (Å²) >= 11 is 3.00. The van der Waals surface area contributed by atoms with E-state index in [1.54, 1.807) is 4.40 Å². The summed E-state index contributed by atoms with van der Waals surface area (Å²) in [6, 6.07) is 9.59. The molecule has 7 nitrogen and oxygen atoms in total. The van der Waals surface area contributed by atoms with Gasteiger partial charge in [0, 0.05) is 24.2 Å². The monoisotopic (exact) mass is 481 g/mol. The maximum Gasteiger partial charge on any atom is 0.271 e. The van der Waals surface area contributed by atoms with E-state index in [9.17, 15) is 9.59 Å². The van der Waals surface area contributed by atoms with Gasteiger partial charge in [0.1, 0.15) is 11.4 Å². The fourth-order valence-electron chi connectivity index (χ4n) is 3.85. The van der Waals surface area contributed by atoms with Gasteiger partial charge in [-0.05, 0) is 31.7 Å². The van der Waals surface area contributed by atoms with E-state index in [2.05, 4.69) is 34.4 Å². The predicted octanol–water partition coefficient (Wildman–Crippen LogP) is 4.71. The third kappa shape index (κ3) is 5.15. The summed E-state index contributed by atoms with van der Waals surface area (Å²) in [4.78, 5) is 36.7. The van der Waals surface area contributed by atoms with Crippen LogP contribution in [0.3, 0.4) is 0 Å². The third-order valence-corrected chi connectivity index (χ3v) is 7.01. The second-order valence-electron chi connectivity index (χ2n) is 8.39. The molecular formula is C24H27N5O2S2. The first kappa shape index (κ1) is 23.1. The van der Waals surface area contributed by atoms with E-state index in [0.29, 0.717) is 29.5 Å². The number of fused-ring (bicyclic) bond motifs is 1. The molecule has 0 unspecified atom stereocenters. The van der Waals surface area contributed by atoms with E-state index in [-0.39, 0.29) is 17.9 Å². The van der Waals surface area contributed by atoms with Crippen LogP contribution in [0.25, 0.3) is 15.4 Å². The van der Waals surface area contributed by atoms with Gasteiger partial charge in [0.05, 0.1) is 15.6 Å². The van der Waals surface area contributed by atoms with Crippen LogP contribution in [0.1, 0.15) is 51.9 Å². The molecule has 2 amide bonds. The summed E-state index contributed by atoms with van der Waals surface area (Å²) in [5.41, 5.74) is 2.62. The number of hydrogen-bond donors (Lipinski definition) is 2. The Morgan fingerprint density at radius 3 is 2.58 bits per heavy atom. The van der Waals surface area contributed by atoms with Crippen molar-refractivity contribution in [2.24, 2.45) is 5.92 Å². The lowest BCUT2D eigenvalue weighted by atomic mass is 10.0. The van der Waals surface area contributed by atoms with Gasteiger partial charge in [-0.2, -0.15) is 0 Å². The van der Waals surface area contributed by atoms with Crippen LogP contribution in [0.2, 0.25) is 0 Å². The number of nitrogens with zero attached hydrogens (tertiary/aromatic N) is 3. The molecule has 9 heteroatoms. The van der Waals surface area contributed by atoms with E-state index >= 15 is 0 Å². The smallest absolute Gasteiger partial charge is 0.271 e. The fraction of sp³-hybridized carbons (Fsp3) is 0.333. The number of benzene rings is 1. The van der Waals surface area contributed by atoms with E-state index in [1.165, 1.54) is 22.7 Å². The van der Waals surface area contributed by atoms with Crippen LogP contribution < -0.4 is 10.6 Å². The quantitative estimate of drug-likeness (QED) is 0.381. The SMILES string of the molecule is Cc1nc(C(=O)N[C@@H](CNC(=O)c2c(C)nc3sccn23)CC(C)C)c(-c2ccccc2)s1. The second kappa shape index (κ2) is 9.84. The number of aromatic nitrogens is 3. The van der Waals surface area contributed by atoms with Gasteiger partial charge in [-0.25, -0.2) is 9.97 Å². The molecule has 2 N–H and O–H groups in total. The molecule has 4 rings (SSSR count). The number of hydrogen-bond acceptors (Lipinski definition) is 6. The first-order valence-electron chi connectivity index (χ1n) is 10.9. The maximum atomic E-state index is 13.2. The number of amides is 2. The van der Waals surface area contributed by atoms with Gasteiger partial charge in [0.2, 0.25) is 0 Å². The second-order valence-corrected chi connectivity index (χ2v) is 10.5. The largest absolute Gasteiger partial charge is 0.349 e. The first-order valence-corrected chi connectivity index (χ1v) is 12.6. The summed E-state index contributed by atoms with van der Waals surface area (Å²) in [6.45, 7) is 8.25. The minimum absolute atomic E-state index is 0.198. The van der Waals surface area contributed by atoms with Crippen molar-refractivity contribution in [3.8, 4) is 10.4 Å². The Morgan fingerprint density at radius 2 is 1.85 bits per heavy atom. The molecule has 1 atom stereocenters. The average molecular weight is 482 g/mol. The van der Waals surface area contributed by atoms with Crippen LogP contribution in [-0.4, -0.2) is 38.8 Å². The van der Waals surface area contributed by atoms with Crippen molar-refractivity contribution in [2.45, 2.75) is 40.2 Å². The highest BCUT2D eigenvalue weighted by molar-refractivity contribution is 7.15. The van der Waals surface area contributed by atoms with Gasteiger partial charge in [0.25, 0.3) is 11.8 Å². The standard InChI is InChI=1S/C24H27N5O2S2/c1-14(2)12-18(13-25-23(31)20-15(3)26-24-29(20)10-11-32-24)28-22(30)19-21(33-16(4)27-19)17-8-6-5-7-9-17/h5-11,14,18H,12-13H2,1-4H3,(H,25,31)(H,28,30)/t18-/m1/s1. The zero-order valence-electron chi connectivity index (χ0n) is 19.1. The minimum Gasteiger partial charge on any atom is -0.349 e. The molecule has 0 aliphatic carbocycles. The molecule has 3 heterocycles. The molecule has 0 aliphatic rings. The van der Waals surface area contributed by atoms with Crippen LogP contribution in [-0.2, 0) is 0 Å². The van der Waals surface area contributed by atoms with Crippen LogP contribution in [0, 0.1) is 19.8 Å². The van der Waals surface area contributed by atoms with Crippen molar-refractivity contribution in [2.75, 3.05) is 6.54 Å². The molecule has 0 saturated carbocycles. The van der Waals surface area contributed by atoms with Crippen molar-refractivity contribution < 1.29 is 9.59 Å². The molecule has 0 saturated heterocycles. The van der Waals surface area contributed by atoms with E-state index in [0.717, 1.165) is 26.8 Å². The lowest BCUT2D eigenvalue weighted by Gasteiger charge is -2.21. The fourth-order valence-corrected chi connectivity index (χ4v) is 5.53. The highest BCUT2D eigenvalue weighted by Crippen LogP contribution is 2.30. The summed E-state index contributed by atoms with van der Waals surface area (Å²) in [6.07, 6.45) is 2.58. The van der Waals surface area contributed by atoms with Crippen molar-refractivity contribution >= 4 is 39.4 Å². The molecule has 0 fully saturated rings. The molecule has 0 bridgehead atoms. The highest BCUT2D eigenvalue weighted by Gasteiger charge is 2.23. The summed E-state index contributed by atoms with van der Waals surface area (Å²) in [7, 11) is 0. The number of thiazole rings is 2. The zero-order chi connectivity index (χ0) is 23.5. The Balaban J connectivity index is 1.49. The Bertz CT molecular complexity index is 1270. The summed E-state index contributed by atoms with van der Waals surface area (Å²) in [5, 5.41) is 8.84. The van der Waals surface area contributed by atoms with E-state index in [4.69, 9.17) is 0 Å². The van der Waals surface area contributed by atoms with Gasteiger partial charge in [-0.15, -0.1) is 22.7 Å². The Kier molecular flexibility index (Phi) is 6.90. The molecular weight excluding hydrogens is 454 g/mol. The van der Waals surface area contributed by atoms with Crippen molar-refractivity contribution in [3.05, 3.63) is 64.0 Å². The normalized spacial score (nSPS) is 12.3. The Labute approximate surface area is 200 Å². The van der Waals surface area contributed by atoms with E-state index in [1.807, 2.05) is 55.8 Å². The third-order valence-electron chi connectivity index (χ3n) is 5.24. The minimum atomic E-state index is -0.224. The Hall–Kier alpha value is -3.04. The molecule has 4 aromatic rings. The van der Waals surface area contributed by atoms with Gasteiger partial charge in [-0.1, -0.05) is 44.2 Å². The van der Waals surface area contributed by atoms with Crippen LogP contribution in [0.4, 0.5) is 0 Å². The number of carbonyl (C=O) groups is 2. The van der Waals surface area contributed by atoms with Gasteiger partial charge in [0.15, 0.2) is 4.96 Å². The molecule has 0 radical (unpaired) electrons. The van der Waals surface area contributed by atoms with Gasteiger partial charge >= 0.3 is 0 Å². The Morgan fingerprint density at radius 1 is 1.09 bits per heavy atom. The molecule has 172 valence electrons. The first-order chi connectivity index (χ1) is 15.8. The van der Waals surface area contributed by atoms with Crippen molar-refractivity contribution in [1.82, 2.24) is 25.0 Å². The number of nitrogens with one attached hydrogen (secondary N) is 2. The molecule has 0 aliphatic heterocycles. The van der Waals surface area contributed by atoms with Crippen molar-refractivity contribution in [3.63, 3.8) is 0 Å². The molecule has 1 aromatic carbocycles. The zero-order valence-corrected chi connectivity index (χ0v) is 20.7. The lowest BCUT2D eigenvalue weighted by molar-refractivity contribution is 0.0898. The number of imidazole rings is 1. The topological polar surface area (TPSA) is 88.4 Å². The predicted molar refractivity (Wildman–Crippen MR) is 133 cm³/mol. The summed E-state index contributed by atoms with van der Waals surface area (Å²) in [5.74, 6) is -0.0759. The molecule has 3 aromatic heterocycles. The number of rotatable bonds is 8. The van der Waals surface area contributed by atoms with E-state index < -0.39 is 0 Å². The lowest BCUT2D eigenvalue weighted by Crippen LogP contribution is -2.44. The van der Waals surface area contributed by atoms with Gasteiger partial charge < -0.3 is 10.6 Å². The van der Waals surface area contributed by atoms with Crippen LogP contribution in [0.5, 0.6) is 0 Å². The maximum absolute atomic E-state index is 13.2. The number of aryl methyl sites for hydroxylation is 2. The summed E-state index contributed by atoms with van der Waals surface area (Å²) < 4.78 is 1.80. The molecule has 0 spiro atoms. The molecule has 33 heavy (non-hydrogen) atoms. The average Bonchev–Trinajstić information content (AvgIpc) is 3.46. The highest BCUT2D eigenvalue weighted by atomic mass is 32.1. The number of carbonyl (C=O) groups excluding carboxylic acids is 2. The van der Waals surface area contributed by atoms with Crippen LogP contribution in [0.15, 0.2) is 41.9 Å².